The minimum Gasteiger partial charge on any atom is -0.494 e. The first-order valence-corrected chi connectivity index (χ1v) is 9.32. The summed E-state index contributed by atoms with van der Waals surface area (Å²) < 4.78 is 5.40. The minimum absolute atomic E-state index is 0.0637. The summed E-state index contributed by atoms with van der Waals surface area (Å²) >= 11 is 3.00. The summed E-state index contributed by atoms with van der Waals surface area (Å²) in [6, 6.07) is 9.34. The van der Waals surface area contributed by atoms with Gasteiger partial charge in [-0.05, 0) is 49.6 Å². The van der Waals surface area contributed by atoms with Crippen molar-refractivity contribution >= 4 is 44.9 Å². The van der Waals surface area contributed by atoms with E-state index in [0.717, 1.165) is 26.7 Å². The van der Waals surface area contributed by atoms with Crippen LogP contribution in [0.4, 0.5) is 5.69 Å². The van der Waals surface area contributed by atoms with E-state index in [1.807, 2.05) is 49.6 Å². The minimum atomic E-state index is -0.269. The molecule has 0 spiro atoms. The molecule has 2 aromatic heterocycles. The highest BCUT2D eigenvalue weighted by Crippen LogP contribution is 2.30. The van der Waals surface area contributed by atoms with Gasteiger partial charge in [-0.2, -0.15) is 0 Å². The van der Waals surface area contributed by atoms with Crippen molar-refractivity contribution in [2.24, 2.45) is 0 Å². The van der Waals surface area contributed by atoms with Crippen LogP contribution >= 0.6 is 23.1 Å². The van der Waals surface area contributed by atoms with Crippen LogP contribution in [0.1, 0.15) is 13.8 Å². The number of thiophene rings is 1. The van der Waals surface area contributed by atoms with Gasteiger partial charge in [-0.3, -0.25) is 4.79 Å². The maximum atomic E-state index is 12.4. The Kier molecular flexibility index (Phi) is 5.32. The number of thioether (sulfide) groups is 1. The first-order chi connectivity index (χ1) is 11.7. The number of nitrogens with zero attached hydrogens (tertiary/aromatic N) is 2. The topological polar surface area (TPSA) is 64.1 Å². The number of carbonyl (C=O) groups is 1. The molecule has 0 aliphatic heterocycles. The third kappa shape index (κ3) is 3.85. The van der Waals surface area contributed by atoms with Crippen LogP contribution in [0, 0.1) is 0 Å². The number of carbonyl (C=O) groups excluding carboxylic acids is 1. The van der Waals surface area contributed by atoms with Gasteiger partial charge in [0.1, 0.15) is 21.9 Å². The molecule has 1 atom stereocenters. The zero-order chi connectivity index (χ0) is 16.9. The number of ether oxygens (including phenoxy) is 1. The molecule has 0 bridgehead atoms. The molecule has 0 saturated carbocycles. The zero-order valence-electron chi connectivity index (χ0n) is 13.4. The van der Waals surface area contributed by atoms with Crippen LogP contribution in [0.3, 0.4) is 0 Å². The van der Waals surface area contributed by atoms with Crippen molar-refractivity contribution in [1.29, 1.82) is 0 Å². The average Bonchev–Trinajstić information content (AvgIpc) is 3.06. The Morgan fingerprint density at radius 1 is 1.29 bits per heavy atom. The molecule has 0 aliphatic rings. The molecule has 0 fully saturated rings. The van der Waals surface area contributed by atoms with Gasteiger partial charge in [0.15, 0.2) is 0 Å². The van der Waals surface area contributed by atoms with Crippen molar-refractivity contribution in [3.63, 3.8) is 0 Å². The van der Waals surface area contributed by atoms with Crippen LogP contribution in [-0.4, -0.2) is 27.7 Å². The van der Waals surface area contributed by atoms with Gasteiger partial charge in [-0.1, -0.05) is 11.8 Å². The highest BCUT2D eigenvalue weighted by molar-refractivity contribution is 8.00. The molecule has 1 N–H and O–H groups in total. The molecule has 0 saturated heterocycles. The molecule has 0 aliphatic carbocycles. The monoisotopic (exact) mass is 359 g/mol. The Labute approximate surface area is 148 Å². The number of aromatic nitrogens is 2. The predicted octanol–water partition coefficient (Wildman–Crippen LogP) is 4.21. The molecular weight excluding hydrogens is 342 g/mol. The summed E-state index contributed by atoms with van der Waals surface area (Å²) in [5, 5.41) is 6.45. The van der Waals surface area contributed by atoms with Crippen LogP contribution < -0.4 is 10.1 Å². The number of benzene rings is 1. The van der Waals surface area contributed by atoms with Gasteiger partial charge in [-0.25, -0.2) is 9.97 Å². The SMILES string of the molecule is CCOc1ccc(NC(=O)[C@H](C)Sc2ncnc3sccc23)cc1. The quantitative estimate of drug-likeness (QED) is 0.528. The molecule has 0 unspecified atom stereocenters. The van der Waals surface area contributed by atoms with Crippen molar-refractivity contribution in [3.05, 3.63) is 42.0 Å². The van der Waals surface area contributed by atoms with Gasteiger partial charge in [-0.15, -0.1) is 11.3 Å². The van der Waals surface area contributed by atoms with Crippen molar-refractivity contribution in [2.45, 2.75) is 24.1 Å². The van der Waals surface area contributed by atoms with E-state index in [1.165, 1.54) is 18.1 Å². The van der Waals surface area contributed by atoms with Crippen molar-refractivity contribution in [2.75, 3.05) is 11.9 Å². The molecular formula is C17H17N3O2S2. The van der Waals surface area contributed by atoms with Crippen LogP contribution in [0.2, 0.25) is 0 Å². The van der Waals surface area contributed by atoms with Crippen LogP contribution in [0.25, 0.3) is 10.2 Å². The lowest BCUT2D eigenvalue weighted by Gasteiger charge is -2.12. The lowest BCUT2D eigenvalue weighted by molar-refractivity contribution is -0.115. The van der Waals surface area contributed by atoms with E-state index in [-0.39, 0.29) is 11.2 Å². The molecule has 1 amide bonds. The maximum Gasteiger partial charge on any atom is 0.237 e. The summed E-state index contributed by atoms with van der Waals surface area (Å²) in [7, 11) is 0. The van der Waals surface area contributed by atoms with Gasteiger partial charge in [0, 0.05) is 11.1 Å². The first kappa shape index (κ1) is 16.7. The second kappa shape index (κ2) is 7.63. The van der Waals surface area contributed by atoms with E-state index in [2.05, 4.69) is 15.3 Å². The molecule has 124 valence electrons. The number of hydrogen-bond acceptors (Lipinski definition) is 6. The molecule has 3 aromatic rings. The Morgan fingerprint density at radius 3 is 2.83 bits per heavy atom. The summed E-state index contributed by atoms with van der Waals surface area (Å²) in [4.78, 5) is 21.9. The standard InChI is InChI=1S/C17H17N3O2S2/c1-3-22-13-6-4-12(5-7-13)20-15(21)11(2)24-17-14-8-9-23-16(14)18-10-19-17/h4-11H,3H2,1-2H3,(H,20,21)/t11-/m0/s1. The summed E-state index contributed by atoms with van der Waals surface area (Å²) in [5.41, 5.74) is 0.749. The van der Waals surface area contributed by atoms with E-state index in [9.17, 15) is 4.79 Å². The van der Waals surface area contributed by atoms with Crippen LogP contribution in [-0.2, 0) is 4.79 Å². The highest BCUT2D eigenvalue weighted by atomic mass is 32.2. The largest absolute Gasteiger partial charge is 0.494 e. The van der Waals surface area contributed by atoms with E-state index >= 15 is 0 Å². The Morgan fingerprint density at radius 2 is 2.08 bits per heavy atom. The van der Waals surface area contributed by atoms with E-state index in [0.29, 0.717) is 6.61 Å². The number of nitrogens with one attached hydrogen (secondary N) is 1. The Bertz CT molecular complexity index is 833. The maximum absolute atomic E-state index is 12.4. The van der Waals surface area contributed by atoms with Gasteiger partial charge >= 0.3 is 0 Å². The van der Waals surface area contributed by atoms with Crippen LogP contribution in [0.5, 0.6) is 5.75 Å². The van der Waals surface area contributed by atoms with Crippen molar-refractivity contribution in [3.8, 4) is 5.75 Å². The first-order valence-electron chi connectivity index (χ1n) is 7.56. The smallest absolute Gasteiger partial charge is 0.237 e. The fourth-order valence-corrected chi connectivity index (χ4v) is 3.83. The fraction of sp³-hybridized carbons (Fsp3) is 0.235. The van der Waals surface area contributed by atoms with Gasteiger partial charge < -0.3 is 10.1 Å². The molecule has 24 heavy (non-hydrogen) atoms. The fourth-order valence-electron chi connectivity index (χ4n) is 2.13. The predicted molar refractivity (Wildman–Crippen MR) is 99.0 cm³/mol. The summed E-state index contributed by atoms with van der Waals surface area (Å²) in [6.07, 6.45) is 1.54. The number of anilines is 1. The normalized spacial score (nSPS) is 12.1. The number of hydrogen-bond donors (Lipinski definition) is 1. The van der Waals surface area contributed by atoms with E-state index in [4.69, 9.17) is 4.74 Å². The Hall–Kier alpha value is -2.12. The van der Waals surface area contributed by atoms with E-state index < -0.39 is 0 Å². The second-order valence-corrected chi connectivity index (χ2v) is 7.25. The third-order valence-electron chi connectivity index (χ3n) is 3.32. The lowest BCUT2D eigenvalue weighted by Crippen LogP contribution is -2.22. The second-order valence-electron chi connectivity index (χ2n) is 5.02. The average molecular weight is 359 g/mol. The zero-order valence-corrected chi connectivity index (χ0v) is 15.0. The van der Waals surface area contributed by atoms with Gasteiger partial charge in [0.25, 0.3) is 0 Å². The number of rotatable bonds is 6. The van der Waals surface area contributed by atoms with Crippen molar-refractivity contribution in [1.82, 2.24) is 9.97 Å². The molecule has 0 radical (unpaired) electrons. The lowest BCUT2D eigenvalue weighted by atomic mass is 10.3. The number of amides is 1. The molecule has 3 rings (SSSR count). The third-order valence-corrected chi connectivity index (χ3v) is 5.25. The molecule has 2 heterocycles. The van der Waals surface area contributed by atoms with Gasteiger partial charge in [0.2, 0.25) is 5.91 Å². The highest BCUT2D eigenvalue weighted by Gasteiger charge is 2.17. The summed E-state index contributed by atoms with van der Waals surface area (Å²) in [6.45, 7) is 4.43. The molecule has 1 aromatic carbocycles. The summed E-state index contributed by atoms with van der Waals surface area (Å²) in [5.74, 6) is 0.727. The molecule has 5 nitrogen and oxygen atoms in total. The number of fused-ring (bicyclic) bond motifs is 1. The van der Waals surface area contributed by atoms with Crippen LogP contribution in [0.15, 0.2) is 47.1 Å². The molecule has 7 heteroatoms. The van der Waals surface area contributed by atoms with Gasteiger partial charge in [0.05, 0.1) is 11.9 Å². The Balaban J connectivity index is 1.65. The van der Waals surface area contributed by atoms with E-state index in [1.54, 1.807) is 11.3 Å². The van der Waals surface area contributed by atoms with Crippen molar-refractivity contribution < 1.29 is 9.53 Å².